The first kappa shape index (κ1) is 14.3. The summed E-state index contributed by atoms with van der Waals surface area (Å²) >= 11 is 0. The zero-order chi connectivity index (χ0) is 13.0. The van der Waals surface area contributed by atoms with Gasteiger partial charge in [0.1, 0.15) is 0 Å². The van der Waals surface area contributed by atoms with Crippen LogP contribution in [-0.4, -0.2) is 43.6 Å². The highest BCUT2D eigenvalue weighted by molar-refractivity contribution is 7.89. The maximum absolute atomic E-state index is 12.3. The fraction of sp³-hybridized carbons (Fsp3) is 1.00. The van der Waals surface area contributed by atoms with Gasteiger partial charge in [0.25, 0.3) is 0 Å². The van der Waals surface area contributed by atoms with Crippen LogP contribution < -0.4 is 5.32 Å². The first-order chi connectivity index (χ1) is 8.63. The zero-order valence-corrected chi connectivity index (χ0v) is 12.2. The van der Waals surface area contributed by atoms with Crippen LogP contribution in [0.25, 0.3) is 0 Å². The number of sulfonamides is 1. The van der Waals surface area contributed by atoms with Crippen molar-refractivity contribution >= 4 is 10.0 Å². The van der Waals surface area contributed by atoms with Crippen LogP contribution in [-0.2, 0) is 10.0 Å². The molecule has 0 spiro atoms. The molecule has 0 bridgehead atoms. The highest BCUT2D eigenvalue weighted by Gasteiger charge is 2.32. The minimum Gasteiger partial charge on any atom is -0.312 e. The van der Waals surface area contributed by atoms with Crippen molar-refractivity contribution in [2.24, 2.45) is 0 Å². The van der Waals surface area contributed by atoms with Crippen molar-refractivity contribution in [3.63, 3.8) is 0 Å². The van der Waals surface area contributed by atoms with Gasteiger partial charge in [0, 0.05) is 25.2 Å². The maximum atomic E-state index is 12.3. The average Bonchev–Trinajstić information content (AvgIpc) is 3.18. The molecule has 1 N–H and O–H groups in total. The third-order valence-electron chi connectivity index (χ3n) is 3.91. The van der Waals surface area contributed by atoms with Crippen LogP contribution in [0.3, 0.4) is 0 Å². The van der Waals surface area contributed by atoms with E-state index in [9.17, 15) is 8.42 Å². The second-order valence-electron chi connectivity index (χ2n) is 5.61. The minimum absolute atomic E-state index is 0.196. The van der Waals surface area contributed by atoms with Gasteiger partial charge in [-0.2, -0.15) is 4.31 Å². The van der Waals surface area contributed by atoms with Crippen molar-refractivity contribution in [1.82, 2.24) is 9.62 Å². The summed E-state index contributed by atoms with van der Waals surface area (Å²) in [5, 5.41) is 3.48. The van der Waals surface area contributed by atoms with Crippen LogP contribution in [0.2, 0.25) is 0 Å². The number of rotatable bonds is 7. The summed E-state index contributed by atoms with van der Waals surface area (Å²) in [6, 6.07) is 0.855. The fourth-order valence-electron chi connectivity index (χ4n) is 2.58. The van der Waals surface area contributed by atoms with Crippen molar-refractivity contribution in [3.05, 3.63) is 0 Å². The highest BCUT2D eigenvalue weighted by Crippen LogP contribution is 2.23. The van der Waals surface area contributed by atoms with Gasteiger partial charge in [0.2, 0.25) is 10.0 Å². The molecule has 2 fully saturated rings. The monoisotopic (exact) mass is 274 g/mol. The molecule has 2 rings (SSSR count). The third kappa shape index (κ3) is 3.93. The minimum atomic E-state index is -3.03. The smallest absolute Gasteiger partial charge is 0.214 e. The molecule has 18 heavy (non-hydrogen) atoms. The van der Waals surface area contributed by atoms with Gasteiger partial charge in [-0.3, -0.25) is 0 Å². The quantitative estimate of drug-likeness (QED) is 0.769. The molecular formula is C13H26N2O2S. The Morgan fingerprint density at radius 3 is 2.67 bits per heavy atom. The Balaban J connectivity index is 1.92. The van der Waals surface area contributed by atoms with Crippen molar-refractivity contribution in [2.75, 3.05) is 18.8 Å². The molecule has 1 unspecified atom stereocenters. The van der Waals surface area contributed by atoms with Crippen molar-refractivity contribution < 1.29 is 8.42 Å². The Labute approximate surface area is 111 Å². The maximum Gasteiger partial charge on any atom is 0.214 e. The molecule has 1 heterocycles. The predicted molar refractivity (Wildman–Crippen MR) is 74.1 cm³/mol. The molecule has 4 nitrogen and oxygen atoms in total. The molecule has 0 aromatic rings. The van der Waals surface area contributed by atoms with Crippen LogP contribution in [0.1, 0.15) is 51.9 Å². The van der Waals surface area contributed by atoms with Gasteiger partial charge in [-0.1, -0.05) is 19.8 Å². The van der Waals surface area contributed by atoms with E-state index in [0.29, 0.717) is 11.8 Å². The van der Waals surface area contributed by atoms with Gasteiger partial charge >= 0.3 is 0 Å². The van der Waals surface area contributed by atoms with E-state index in [1.54, 1.807) is 4.31 Å². The number of hydrogen-bond donors (Lipinski definition) is 1. The SMILES string of the molecule is CCCCS(=O)(=O)N1CCCCC1CNC1CC1. The van der Waals surface area contributed by atoms with E-state index in [1.807, 2.05) is 6.92 Å². The molecule has 5 heteroatoms. The molecule has 1 atom stereocenters. The Bertz CT molecular complexity index is 352. The van der Waals surface area contributed by atoms with E-state index < -0.39 is 10.0 Å². The molecule has 1 aliphatic carbocycles. The third-order valence-corrected chi connectivity index (χ3v) is 5.91. The molecule has 1 saturated carbocycles. The lowest BCUT2D eigenvalue weighted by Gasteiger charge is -2.35. The average molecular weight is 274 g/mol. The number of hydrogen-bond acceptors (Lipinski definition) is 3. The summed E-state index contributed by atoms with van der Waals surface area (Å²) < 4.78 is 26.4. The summed E-state index contributed by atoms with van der Waals surface area (Å²) in [4.78, 5) is 0. The number of unbranched alkanes of at least 4 members (excludes halogenated alkanes) is 1. The van der Waals surface area contributed by atoms with E-state index in [-0.39, 0.29) is 6.04 Å². The van der Waals surface area contributed by atoms with Crippen molar-refractivity contribution in [1.29, 1.82) is 0 Å². The molecule has 0 radical (unpaired) electrons. The fourth-order valence-corrected chi connectivity index (χ4v) is 4.51. The molecule has 0 aromatic carbocycles. The number of nitrogens with zero attached hydrogens (tertiary/aromatic N) is 1. The zero-order valence-electron chi connectivity index (χ0n) is 11.4. The van der Waals surface area contributed by atoms with E-state index in [2.05, 4.69) is 5.32 Å². The number of piperidine rings is 1. The normalized spacial score (nSPS) is 26.4. The second-order valence-corrected chi connectivity index (χ2v) is 7.65. The van der Waals surface area contributed by atoms with Gasteiger partial charge in [0.15, 0.2) is 0 Å². The van der Waals surface area contributed by atoms with Crippen LogP contribution in [0.15, 0.2) is 0 Å². The van der Waals surface area contributed by atoms with Crippen LogP contribution in [0.5, 0.6) is 0 Å². The van der Waals surface area contributed by atoms with E-state index >= 15 is 0 Å². The van der Waals surface area contributed by atoms with E-state index in [4.69, 9.17) is 0 Å². The van der Waals surface area contributed by atoms with Crippen molar-refractivity contribution in [3.8, 4) is 0 Å². The lowest BCUT2D eigenvalue weighted by atomic mass is 10.1. The standard InChI is InChI=1S/C13H26N2O2S/c1-2-3-10-18(16,17)15-9-5-4-6-13(15)11-14-12-7-8-12/h12-14H,2-11H2,1H3. The van der Waals surface area contributed by atoms with Gasteiger partial charge in [0.05, 0.1) is 5.75 Å². The Kier molecular flexibility index (Phi) is 5.04. The first-order valence-corrected chi connectivity index (χ1v) is 8.97. The van der Waals surface area contributed by atoms with E-state index in [0.717, 1.165) is 45.2 Å². The van der Waals surface area contributed by atoms with Gasteiger partial charge in [-0.05, 0) is 32.1 Å². The lowest BCUT2D eigenvalue weighted by Crippen LogP contribution is -2.49. The first-order valence-electron chi connectivity index (χ1n) is 7.36. The molecular weight excluding hydrogens is 248 g/mol. The van der Waals surface area contributed by atoms with Gasteiger partial charge in [-0.15, -0.1) is 0 Å². The van der Waals surface area contributed by atoms with Crippen LogP contribution >= 0.6 is 0 Å². The molecule has 1 saturated heterocycles. The Morgan fingerprint density at radius 1 is 1.22 bits per heavy atom. The topological polar surface area (TPSA) is 49.4 Å². The summed E-state index contributed by atoms with van der Waals surface area (Å²) in [5.41, 5.74) is 0. The Hall–Kier alpha value is -0.130. The summed E-state index contributed by atoms with van der Waals surface area (Å²) in [6.07, 6.45) is 7.44. The van der Waals surface area contributed by atoms with Crippen LogP contribution in [0, 0.1) is 0 Å². The van der Waals surface area contributed by atoms with Gasteiger partial charge < -0.3 is 5.32 Å². The van der Waals surface area contributed by atoms with Gasteiger partial charge in [-0.25, -0.2) is 8.42 Å². The molecule has 0 aromatic heterocycles. The predicted octanol–water partition coefficient (Wildman–Crippen LogP) is 1.72. The summed E-state index contributed by atoms with van der Waals surface area (Å²) in [5.74, 6) is 0.323. The summed E-state index contributed by atoms with van der Waals surface area (Å²) in [7, 11) is -3.03. The lowest BCUT2D eigenvalue weighted by molar-refractivity contribution is 0.245. The molecule has 1 aliphatic heterocycles. The molecule has 106 valence electrons. The van der Waals surface area contributed by atoms with E-state index in [1.165, 1.54) is 12.8 Å². The van der Waals surface area contributed by atoms with Crippen LogP contribution in [0.4, 0.5) is 0 Å². The highest BCUT2D eigenvalue weighted by atomic mass is 32.2. The summed E-state index contributed by atoms with van der Waals surface area (Å²) in [6.45, 7) is 3.61. The number of nitrogens with one attached hydrogen (secondary N) is 1. The Morgan fingerprint density at radius 2 is 2.00 bits per heavy atom. The molecule has 2 aliphatic rings. The molecule has 0 amide bonds. The van der Waals surface area contributed by atoms with Crippen molar-refractivity contribution in [2.45, 2.75) is 64.0 Å². The largest absolute Gasteiger partial charge is 0.312 e. The second kappa shape index (κ2) is 6.35.